The minimum Gasteiger partial charge on any atom is -0.375 e. The number of nitrogens with two attached hydrogens (primary N) is 3. The van der Waals surface area contributed by atoms with Crippen LogP contribution in [0.1, 0.15) is 12.8 Å². The molecule has 1 atom stereocenters. The smallest absolute Gasteiger partial charge is 0.375 e. The summed E-state index contributed by atoms with van der Waals surface area (Å²) in [7, 11) is 0. The van der Waals surface area contributed by atoms with Crippen LogP contribution >= 0.6 is 0 Å². The summed E-state index contributed by atoms with van der Waals surface area (Å²) in [5.41, 5.74) is 15.1. The summed E-state index contributed by atoms with van der Waals surface area (Å²) < 4.78 is 4.04. The van der Waals surface area contributed by atoms with Crippen molar-refractivity contribution in [3.8, 4) is 0 Å². The molecule has 6 nitrogen and oxygen atoms in total. The van der Waals surface area contributed by atoms with Gasteiger partial charge in [-0.05, 0) is 19.4 Å². The van der Waals surface area contributed by atoms with Crippen LogP contribution in [0.25, 0.3) is 0 Å². The van der Waals surface area contributed by atoms with Crippen molar-refractivity contribution in [2.45, 2.75) is 18.9 Å². The van der Waals surface area contributed by atoms with E-state index in [4.69, 9.17) is 11.5 Å². The zero-order valence-corrected chi connectivity index (χ0v) is 6.66. The van der Waals surface area contributed by atoms with Crippen molar-refractivity contribution in [3.05, 3.63) is 0 Å². The van der Waals surface area contributed by atoms with E-state index in [9.17, 15) is 9.59 Å². The molecule has 70 valence electrons. The van der Waals surface area contributed by atoms with Crippen molar-refractivity contribution < 1.29 is 14.3 Å². The average molecular weight is 175 g/mol. The summed E-state index contributed by atoms with van der Waals surface area (Å²) in [6.45, 7) is 0.442. The highest BCUT2D eigenvalue weighted by Crippen LogP contribution is 1.95. The van der Waals surface area contributed by atoms with Gasteiger partial charge in [0.1, 0.15) is 6.04 Å². The van der Waals surface area contributed by atoms with Crippen LogP contribution in [0.15, 0.2) is 0 Å². The maximum atomic E-state index is 10.8. The quantitative estimate of drug-likeness (QED) is 0.361. The fourth-order valence-corrected chi connectivity index (χ4v) is 0.630. The Kier molecular flexibility index (Phi) is 4.98. The Morgan fingerprint density at radius 3 is 2.42 bits per heavy atom. The van der Waals surface area contributed by atoms with Crippen molar-refractivity contribution in [2.75, 3.05) is 6.54 Å². The average Bonchev–Trinajstić information content (AvgIpc) is 1.98. The number of amides is 1. The van der Waals surface area contributed by atoms with Gasteiger partial charge < -0.3 is 21.9 Å². The topological polar surface area (TPSA) is 121 Å². The number of rotatable bonds is 4. The number of primary amides is 1. The molecule has 0 aromatic heterocycles. The molecule has 0 unspecified atom stereocenters. The Balaban J connectivity index is 3.69. The number of esters is 1. The van der Waals surface area contributed by atoms with Gasteiger partial charge in [0.2, 0.25) is 0 Å². The SMILES string of the molecule is NCCC[C@H](N)C(=O)OC(N)=O. The molecule has 1 amide bonds. The summed E-state index contributed by atoms with van der Waals surface area (Å²) in [6, 6.07) is -0.818. The summed E-state index contributed by atoms with van der Waals surface area (Å²) >= 11 is 0. The molecule has 12 heavy (non-hydrogen) atoms. The van der Waals surface area contributed by atoms with Crippen LogP contribution in [0.3, 0.4) is 0 Å². The van der Waals surface area contributed by atoms with Gasteiger partial charge in [-0.2, -0.15) is 0 Å². The van der Waals surface area contributed by atoms with Gasteiger partial charge >= 0.3 is 12.1 Å². The van der Waals surface area contributed by atoms with Crippen LogP contribution < -0.4 is 17.2 Å². The minimum atomic E-state index is -1.14. The Bertz CT molecular complexity index is 171. The summed E-state index contributed by atoms with van der Waals surface area (Å²) in [6.07, 6.45) is -0.138. The van der Waals surface area contributed by atoms with Crippen LogP contribution in [0.5, 0.6) is 0 Å². The summed E-state index contributed by atoms with van der Waals surface area (Å²) in [5.74, 6) is -0.809. The molecule has 0 aliphatic carbocycles. The summed E-state index contributed by atoms with van der Waals surface area (Å²) in [5, 5.41) is 0. The number of hydrogen-bond donors (Lipinski definition) is 3. The molecule has 0 radical (unpaired) electrons. The van der Waals surface area contributed by atoms with Gasteiger partial charge in [-0.1, -0.05) is 0 Å². The molecule has 0 spiro atoms. The zero-order chi connectivity index (χ0) is 9.56. The van der Waals surface area contributed by atoms with Gasteiger partial charge in [0.15, 0.2) is 0 Å². The Morgan fingerprint density at radius 2 is 2.00 bits per heavy atom. The van der Waals surface area contributed by atoms with Crippen molar-refractivity contribution in [1.29, 1.82) is 0 Å². The molecule has 0 saturated carbocycles. The highest BCUT2D eigenvalue weighted by atomic mass is 16.6. The minimum absolute atomic E-state index is 0.391. The standard InChI is InChI=1S/C6H13N3O3/c7-3-1-2-4(8)5(10)12-6(9)11/h4H,1-3,7-8H2,(H2,9,11)/t4-/m0/s1. The third-order valence-corrected chi connectivity index (χ3v) is 1.22. The highest BCUT2D eigenvalue weighted by Gasteiger charge is 2.16. The normalized spacial score (nSPS) is 12.2. The molecule has 0 aromatic rings. The lowest BCUT2D eigenvalue weighted by molar-refractivity contribution is -0.138. The van der Waals surface area contributed by atoms with Crippen LogP contribution in [-0.2, 0) is 9.53 Å². The van der Waals surface area contributed by atoms with E-state index in [1.807, 2.05) is 0 Å². The van der Waals surface area contributed by atoms with E-state index in [0.717, 1.165) is 0 Å². The second kappa shape index (κ2) is 5.50. The van der Waals surface area contributed by atoms with Gasteiger partial charge in [-0.3, -0.25) is 0 Å². The Morgan fingerprint density at radius 1 is 1.42 bits per heavy atom. The first kappa shape index (κ1) is 10.9. The first-order valence-electron chi connectivity index (χ1n) is 3.54. The van der Waals surface area contributed by atoms with Crippen LogP contribution in [0.4, 0.5) is 4.79 Å². The van der Waals surface area contributed by atoms with Crippen molar-refractivity contribution >= 4 is 12.1 Å². The van der Waals surface area contributed by atoms with E-state index in [0.29, 0.717) is 19.4 Å². The first-order chi connectivity index (χ1) is 5.57. The zero-order valence-electron chi connectivity index (χ0n) is 6.66. The Hall–Kier alpha value is -1.14. The molecule has 0 fully saturated rings. The molecule has 6 heteroatoms. The van der Waals surface area contributed by atoms with E-state index < -0.39 is 18.1 Å². The van der Waals surface area contributed by atoms with Gasteiger partial charge in [0.25, 0.3) is 0 Å². The number of carbonyl (C=O) groups excluding carboxylic acids is 2. The third-order valence-electron chi connectivity index (χ3n) is 1.22. The highest BCUT2D eigenvalue weighted by molar-refractivity contribution is 5.86. The molecule has 0 aromatic carbocycles. The van der Waals surface area contributed by atoms with Gasteiger partial charge in [0.05, 0.1) is 0 Å². The summed E-state index contributed by atoms with van der Waals surface area (Å²) in [4.78, 5) is 20.9. The maximum Gasteiger partial charge on any atom is 0.412 e. The van der Waals surface area contributed by atoms with Gasteiger partial charge in [0, 0.05) is 0 Å². The lowest BCUT2D eigenvalue weighted by atomic mass is 10.2. The van der Waals surface area contributed by atoms with E-state index in [1.54, 1.807) is 0 Å². The predicted molar refractivity (Wildman–Crippen MR) is 41.9 cm³/mol. The lowest BCUT2D eigenvalue weighted by Crippen LogP contribution is -2.35. The van der Waals surface area contributed by atoms with Gasteiger partial charge in [-0.25, -0.2) is 9.59 Å². The van der Waals surface area contributed by atoms with E-state index in [1.165, 1.54) is 0 Å². The lowest BCUT2D eigenvalue weighted by Gasteiger charge is -2.07. The molecule has 0 saturated heterocycles. The molecule has 6 N–H and O–H groups in total. The number of ether oxygens (including phenoxy) is 1. The molecular formula is C6H13N3O3. The Labute approximate surface area is 70.0 Å². The molecule has 0 rings (SSSR count). The molecule has 0 bridgehead atoms. The second-order valence-electron chi connectivity index (χ2n) is 2.28. The van der Waals surface area contributed by atoms with Crippen molar-refractivity contribution in [2.24, 2.45) is 17.2 Å². The maximum absolute atomic E-state index is 10.8. The van der Waals surface area contributed by atoms with Gasteiger partial charge in [-0.15, -0.1) is 0 Å². The molecule has 0 heterocycles. The third kappa shape index (κ3) is 4.64. The van der Waals surface area contributed by atoms with E-state index in [2.05, 4.69) is 10.5 Å². The van der Waals surface area contributed by atoms with Crippen molar-refractivity contribution in [3.63, 3.8) is 0 Å². The van der Waals surface area contributed by atoms with E-state index >= 15 is 0 Å². The largest absolute Gasteiger partial charge is 0.412 e. The van der Waals surface area contributed by atoms with Crippen molar-refractivity contribution in [1.82, 2.24) is 0 Å². The number of hydrogen-bond acceptors (Lipinski definition) is 5. The second-order valence-corrected chi connectivity index (χ2v) is 2.28. The fourth-order valence-electron chi connectivity index (χ4n) is 0.630. The van der Waals surface area contributed by atoms with Crippen LogP contribution in [0.2, 0.25) is 0 Å². The predicted octanol–water partition coefficient (Wildman–Crippen LogP) is -1.33. The molecular weight excluding hydrogens is 162 g/mol. The fraction of sp³-hybridized carbons (Fsp3) is 0.667. The number of carbonyl (C=O) groups is 2. The van der Waals surface area contributed by atoms with Crippen LogP contribution in [-0.4, -0.2) is 24.6 Å². The van der Waals surface area contributed by atoms with Crippen LogP contribution in [0, 0.1) is 0 Å². The van der Waals surface area contributed by atoms with E-state index in [-0.39, 0.29) is 0 Å². The molecule has 0 aliphatic rings. The first-order valence-corrected chi connectivity index (χ1v) is 3.54. The molecule has 0 aliphatic heterocycles. The monoisotopic (exact) mass is 175 g/mol.